The molecule has 2 aromatic rings. The lowest BCUT2D eigenvalue weighted by Crippen LogP contribution is -2.49. The van der Waals surface area contributed by atoms with Gasteiger partial charge in [-0.05, 0) is 36.2 Å². The summed E-state index contributed by atoms with van der Waals surface area (Å²) in [6.45, 7) is 1.04. The topological polar surface area (TPSA) is 96.7 Å². The van der Waals surface area contributed by atoms with Crippen LogP contribution in [-0.4, -0.2) is 36.5 Å². The van der Waals surface area contributed by atoms with Crippen LogP contribution < -0.4 is 21.2 Å². The van der Waals surface area contributed by atoms with E-state index < -0.39 is 30.0 Å². The number of nitrogens with zero attached hydrogens (tertiary/aromatic N) is 1. The van der Waals surface area contributed by atoms with E-state index in [1.54, 1.807) is 24.3 Å². The van der Waals surface area contributed by atoms with Crippen molar-refractivity contribution in [2.24, 2.45) is 5.73 Å². The van der Waals surface area contributed by atoms with E-state index in [4.69, 9.17) is 10.5 Å². The minimum atomic E-state index is -4.55. The van der Waals surface area contributed by atoms with Crippen LogP contribution in [0.5, 0.6) is 5.75 Å². The molecule has 1 aliphatic rings. The molecule has 0 aliphatic carbocycles. The molecule has 11 heteroatoms. The van der Waals surface area contributed by atoms with Crippen molar-refractivity contribution >= 4 is 12.2 Å². The summed E-state index contributed by atoms with van der Waals surface area (Å²) in [5, 5.41) is 3.38. The zero-order chi connectivity index (χ0) is 24.3. The fourth-order valence-electron chi connectivity index (χ4n) is 3.38. The molecule has 2 unspecified atom stereocenters. The molecule has 2 aromatic carbocycles. The zero-order valence-electron chi connectivity index (χ0n) is 17.7. The maximum Gasteiger partial charge on any atom is 0.410 e. The van der Waals surface area contributed by atoms with E-state index in [0.29, 0.717) is 17.4 Å². The van der Waals surface area contributed by atoms with Crippen molar-refractivity contribution in [3.63, 3.8) is 0 Å². The maximum atomic E-state index is 13.5. The van der Waals surface area contributed by atoms with Gasteiger partial charge >= 0.3 is 6.18 Å². The number of rotatable bonds is 7. The van der Waals surface area contributed by atoms with Gasteiger partial charge < -0.3 is 15.8 Å². The largest absolute Gasteiger partial charge is 0.496 e. The van der Waals surface area contributed by atoms with Gasteiger partial charge in [0.2, 0.25) is 0 Å². The molecule has 1 amide bonds. The van der Waals surface area contributed by atoms with Gasteiger partial charge in [0.25, 0.3) is 5.91 Å². The molecular formula is C22H22F4N4O3. The second-order valence-electron chi connectivity index (χ2n) is 7.38. The number of hydrogen-bond donors (Lipinski definition) is 3. The molecule has 0 radical (unpaired) electrons. The third-order valence-electron chi connectivity index (χ3n) is 5.29. The Morgan fingerprint density at radius 2 is 1.94 bits per heavy atom. The van der Waals surface area contributed by atoms with Crippen molar-refractivity contribution in [1.29, 1.82) is 0 Å². The highest BCUT2D eigenvalue weighted by Gasteiger charge is 2.45. The van der Waals surface area contributed by atoms with E-state index in [0.717, 1.165) is 18.0 Å². The van der Waals surface area contributed by atoms with Crippen LogP contribution in [-0.2, 0) is 11.3 Å². The fourth-order valence-corrected chi connectivity index (χ4v) is 3.38. The fraction of sp³-hybridized carbons (Fsp3) is 0.273. The number of halogens is 4. The summed E-state index contributed by atoms with van der Waals surface area (Å²) in [6, 6.07) is 7.31. The lowest BCUT2D eigenvalue weighted by molar-refractivity contribution is -0.180. The summed E-state index contributed by atoms with van der Waals surface area (Å²) in [4.78, 5) is 23.9. The summed E-state index contributed by atoms with van der Waals surface area (Å²) < 4.78 is 57.9. The maximum absolute atomic E-state index is 13.5. The number of carbonyl (C=O) groups excluding carboxylic acids is 2. The molecule has 2 atom stereocenters. The van der Waals surface area contributed by atoms with E-state index >= 15 is 0 Å². The predicted molar refractivity (Wildman–Crippen MR) is 111 cm³/mol. The van der Waals surface area contributed by atoms with Crippen LogP contribution in [0.25, 0.3) is 0 Å². The molecule has 1 heterocycles. The number of methoxy groups -OCH3 is 1. The van der Waals surface area contributed by atoms with Gasteiger partial charge in [-0.1, -0.05) is 24.3 Å². The predicted octanol–water partition coefficient (Wildman–Crippen LogP) is 2.95. The van der Waals surface area contributed by atoms with E-state index in [1.807, 2.05) is 0 Å². The lowest BCUT2D eigenvalue weighted by Gasteiger charge is -2.29. The first-order chi connectivity index (χ1) is 15.6. The van der Waals surface area contributed by atoms with Gasteiger partial charge in [-0.15, -0.1) is 0 Å². The van der Waals surface area contributed by atoms with Gasteiger partial charge in [0.1, 0.15) is 23.4 Å². The summed E-state index contributed by atoms with van der Waals surface area (Å²) in [5.41, 5.74) is 9.64. The number of nitrogens with two attached hydrogens (primary N) is 1. The molecular weight excluding hydrogens is 444 g/mol. The van der Waals surface area contributed by atoms with Crippen molar-refractivity contribution in [3.8, 4) is 5.75 Å². The van der Waals surface area contributed by atoms with Gasteiger partial charge in [0.15, 0.2) is 6.29 Å². The molecule has 1 aliphatic heterocycles. The number of nitrogens with one attached hydrogen (secondary N) is 2. The third kappa shape index (κ3) is 5.08. The monoisotopic (exact) mass is 466 g/mol. The van der Waals surface area contributed by atoms with Crippen molar-refractivity contribution in [2.75, 3.05) is 7.11 Å². The van der Waals surface area contributed by atoms with Gasteiger partial charge in [-0.3, -0.25) is 14.6 Å². The van der Waals surface area contributed by atoms with Gasteiger partial charge in [0.05, 0.1) is 24.3 Å². The molecule has 33 heavy (non-hydrogen) atoms. The van der Waals surface area contributed by atoms with Crippen LogP contribution in [0.1, 0.15) is 34.5 Å². The van der Waals surface area contributed by atoms with Crippen LogP contribution >= 0.6 is 0 Å². The van der Waals surface area contributed by atoms with Crippen LogP contribution in [0.15, 0.2) is 53.9 Å². The Hall–Kier alpha value is -3.60. The Kier molecular flexibility index (Phi) is 6.92. The summed E-state index contributed by atoms with van der Waals surface area (Å²) in [6.07, 6.45) is -4.12. The quantitative estimate of drug-likeness (QED) is 0.429. The Bertz CT molecular complexity index is 1070. The zero-order valence-corrected chi connectivity index (χ0v) is 17.7. The SMILES string of the molecule is COc1ccc(F)cc1C(=O)NCc1ccc(C2NN(C(C)C(F)(F)F)C(N)=C2C=O)cc1. The minimum Gasteiger partial charge on any atom is -0.496 e. The van der Waals surface area contributed by atoms with Crippen LogP contribution in [0.2, 0.25) is 0 Å². The summed E-state index contributed by atoms with van der Waals surface area (Å²) >= 11 is 0. The highest BCUT2D eigenvalue weighted by Crippen LogP contribution is 2.34. The number of aldehydes is 1. The standard InChI is InChI=1S/C22H22F4N4O3/c1-12(22(24,25)26)30-20(27)17(11-31)19(29-30)14-5-3-13(4-6-14)10-28-21(32)16-9-15(23)7-8-18(16)33-2/h3-9,11-12,19,29H,10,27H2,1-2H3,(H,28,32). The molecule has 7 nitrogen and oxygen atoms in total. The average molecular weight is 466 g/mol. The number of amides is 1. The van der Waals surface area contributed by atoms with Gasteiger partial charge in [0, 0.05) is 6.54 Å². The molecule has 176 valence electrons. The number of alkyl halides is 3. The van der Waals surface area contributed by atoms with Crippen molar-refractivity contribution < 1.29 is 31.9 Å². The Morgan fingerprint density at radius 3 is 2.52 bits per heavy atom. The second-order valence-corrected chi connectivity index (χ2v) is 7.38. The van der Waals surface area contributed by atoms with Crippen molar-refractivity contribution in [2.45, 2.75) is 31.7 Å². The van der Waals surface area contributed by atoms with Gasteiger partial charge in [-0.2, -0.15) is 13.2 Å². The molecule has 4 N–H and O–H groups in total. The highest BCUT2D eigenvalue weighted by atomic mass is 19.4. The van der Waals surface area contributed by atoms with Crippen LogP contribution in [0, 0.1) is 5.82 Å². The Balaban J connectivity index is 1.71. The minimum absolute atomic E-state index is 0.00893. The third-order valence-corrected chi connectivity index (χ3v) is 5.29. The smallest absolute Gasteiger partial charge is 0.410 e. The van der Waals surface area contributed by atoms with E-state index in [2.05, 4.69) is 10.7 Å². The molecule has 0 spiro atoms. The molecule has 0 saturated heterocycles. The summed E-state index contributed by atoms with van der Waals surface area (Å²) in [5.74, 6) is -1.19. The Labute approximate surface area is 187 Å². The lowest BCUT2D eigenvalue weighted by atomic mass is 10.00. The molecule has 3 rings (SSSR count). The number of hydrogen-bond acceptors (Lipinski definition) is 6. The summed E-state index contributed by atoms with van der Waals surface area (Å²) in [7, 11) is 1.37. The van der Waals surface area contributed by atoms with Crippen molar-refractivity contribution in [1.82, 2.24) is 15.8 Å². The number of hydrazine groups is 1. The average Bonchev–Trinajstić information content (AvgIpc) is 3.12. The van der Waals surface area contributed by atoms with Crippen LogP contribution in [0.3, 0.4) is 0 Å². The van der Waals surface area contributed by atoms with E-state index in [9.17, 15) is 27.2 Å². The van der Waals surface area contributed by atoms with E-state index in [1.165, 1.54) is 19.2 Å². The molecule has 0 bridgehead atoms. The molecule has 0 fully saturated rings. The molecule has 0 aromatic heterocycles. The van der Waals surface area contributed by atoms with E-state index in [-0.39, 0.29) is 29.3 Å². The first kappa shape index (κ1) is 24.1. The second kappa shape index (κ2) is 9.49. The Morgan fingerprint density at radius 1 is 1.27 bits per heavy atom. The first-order valence-corrected chi connectivity index (χ1v) is 9.84. The number of benzene rings is 2. The molecule has 0 saturated carbocycles. The first-order valence-electron chi connectivity index (χ1n) is 9.84. The van der Waals surface area contributed by atoms with Crippen LogP contribution in [0.4, 0.5) is 17.6 Å². The van der Waals surface area contributed by atoms with Gasteiger partial charge in [-0.25, -0.2) is 9.82 Å². The van der Waals surface area contributed by atoms with Crippen molar-refractivity contribution in [3.05, 3.63) is 76.4 Å². The number of ether oxygens (including phenoxy) is 1. The highest BCUT2D eigenvalue weighted by molar-refractivity contribution is 5.96. The number of carbonyl (C=O) groups is 2. The normalized spacial score (nSPS) is 17.2.